The van der Waals surface area contributed by atoms with Crippen LogP contribution in [0.2, 0.25) is 0 Å². The lowest BCUT2D eigenvalue weighted by Gasteiger charge is -2.27. The maximum absolute atomic E-state index is 12.5. The summed E-state index contributed by atoms with van der Waals surface area (Å²) in [7, 11) is 1.49. The quantitative estimate of drug-likeness (QED) is 0.772. The van der Waals surface area contributed by atoms with Crippen molar-refractivity contribution in [3.8, 4) is 11.5 Å². The number of aromatic hydroxyl groups is 1. The molecule has 1 amide bonds. The van der Waals surface area contributed by atoms with E-state index in [4.69, 9.17) is 4.74 Å². The monoisotopic (exact) mass is 278 g/mol. The SMILES string of the molecule is CCCC1(C(=O)Nc2ccc(OC)c(O)c2)CCCN1. The van der Waals surface area contributed by atoms with Crippen LogP contribution in [0, 0.1) is 0 Å². The normalized spacial score (nSPS) is 21.7. The lowest BCUT2D eigenvalue weighted by atomic mass is 9.91. The first kappa shape index (κ1) is 14.7. The second-order valence-corrected chi connectivity index (χ2v) is 5.20. The number of hydrogen-bond acceptors (Lipinski definition) is 4. The van der Waals surface area contributed by atoms with Gasteiger partial charge in [0.15, 0.2) is 11.5 Å². The third-order valence-corrected chi connectivity index (χ3v) is 3.79. The lowest BCUT2D eigenvalue weighted by molar-refractivity contribution is -0.122. The maximum Gasteiger partial charge on any atom is 0.244 e. The van der Waals surface area contributed by atoms with Gasteiger partial charge in [-0.05, 0) is 37.9 Å². The van der Waals surface area contributed by atoms with Crippen molar-refractivity contribution in [1.82, 2.24) is 5.32 Å². The number of nitrogens with one attached hydrogen (secondary N) is 2. The highest BCUT2D eigenvalue weighted by atomic mass is 16.5. The van der Waals surface area contributed by atoms with Crippen LogP contribution in [-0.2, 0) is 4.79 Å². The standard InChI is InChI=1S/C15H22N2O3/c1-3-7-15(8-4-9-16-15)14(19)17-11-5-6-13(20-2)12(18)10-11/h5-6,10,16,18H,3-4,7-9H2,1-2H3,(H,17,19). The van der Waals surface area contributed by atoms with Crippen LogP contribution in [0.3, 0.4) is 0 Å². The van der Waals surface area contributed by atoms with E-state index in [1.165, 1.54) is 13.2 Å². The largest absolute Gasteiger partial charge is 0.504 e. The molecule has 3 N–H and O–H groups in total. The van der Waals surface area contributed by atoms with Crippen LogP contribution in [0.5, 0.6) is 11.5 Å². The summed E-state index contributed by atoms with van der Waals surface area (Å²) >= 11 is 0. The molecular formula is C15H22N2O3. The van der Waals surface area contributed by atoms with Gasteiger partial charge in [-0.3, -0.25) is 4.79 Å². The van der Waals surface area contributed by atoms with Gasteiger partial charge in [-0.15, -0.1) is 0 Å². The molecule has 1 saturated heterocycles. The molecule has 0 spiro atoms. The molecule has 1 heterocycles. The van der Waals surface area contributed by atoms with E-state index in [1.807, 2.05) is 0 Å². The molecule has 1 fully saturated rings. The van der Waals surface area contributed by atoms with Crippen LogP contribution in [0.15, 0.2) is 18.2 Å². The van der Waals surface area contributed by atoms with Crippen LogP contribution in [0.25, 0.3) is 0 Å². The molecule has 0 bridgehead atoms. The molecule has 1 aliphatic rings. The zero-order chi connectivity index (χ0) is 14.6. The van der Waals surface area contributed by atoms with Crippen molar-refractivity contribution in [1.29, 1.82) is 0 Å². The Kier molecular flexibility index (Phi) is 4.49. The Balaban J connectivity index is 2.12. The molecule has 0 aliphatic carbocycles. The summed E-state index contributed by atoms with van der Waals surface area (Å²) in [4.78, 5) is 12.5. The number of hydrogen-bond donors (Lipinski definition) is 3. The highest BCUT2D eigenvalue weighted by molar-refractivity contribution is 5.98. The molecule has 0 aromatic heterocycles. The van der Waals surface area contributed by atoms with Gasteiger partial charge in [-0.25, -0.2) is 0 Å². The summed E-state index contributed by atoms with van der Waals surface area (Å²) in [5, 5.41) is 16.0. The number of phenolic OH excluding ortho intramolecular Hbond substituents is 1. The second kappa shape index (κ2) is 6.13. The van der Waals surface area contributed by atoms with Crippen LogP contribution in [-0.4, -0.2) is 30.2 Å². The Morgan fingerprint density at radius 2 is 2.35 bits per heavy atom. The van der Waals surface area contributed by atoms with Gasteiger partial charge in [0, 0.05) is 11.8 Å². The molecule has 1 aromatic rings. The minimum atomic E-state index is -0.468. The molecule has 0 radical (unpaired) electrons. The van der Waals surface area contributed by atoms with E-state index in [0.717, 1.165) is 32.2 Å². The highest BCUT2D eigenvalue weighted by Gasteiger charge is 2.39. The van der Waals surface area contributed by atoms with Gasteiger partial charge < -0.3 is 20.5 Å². The Hall–Kier alpha value is -1.75. The molecular weight excluding hydrogens is 256 g/mol. The summed E-state index contributed by atoms with van der Waals surface area (Å²) in [5.74, 6) is 0.390. The average molecular weight is 278 g/mol. The number of carbonyl (C=O) groups is 1. The first-order valence-corrected chi connectivity index (χ1v) is 7.05. The van der Waals surface area contributed by atoms with Crippen molar-refractivity contribution in [3.63, 3.8) is 0 Å². The molecule has 0 saturated carbocycles. The third kappa shape index (κ3) is 2.88. The summed E-state index contributed by atoms with van der Waals surface area (Å²) in [6.45, 7) is 2.95. The summed E-state index contributed by atoms with van der Waals surface area (Å²) in [6, 6.07) is 4.87. The van der Waals surface area contributed by atoms with Gasteiger partial charge >= 0.3 is 0 Å². The minimum Gasteiger partial charge on any atom is -0.504 e. The summed E-state index contributed by atoms with van der Waals surface area (Å²) in [5.41, 5.74) is 0.113. The number of rotatable bonds is 5. The second-order valence-electron chi connectivity index (χ2n) is 5.20. The van der Waals surface area contributed by atoms with Crippen molar-refractivity contribution in [2.45, 2.75) is 38.1 Å². The van der Waals surface area contributed by atoms with Crippen molar-refractivity contribution in [3.05, 3.63) is 18.2 Å². The zero-order valence-corrected chi connectivity index (χ0v) is 12.0. The van der Waals surface area contributed by atoms with Crippen molar-refractivity contribution in [2.24, 2.45) is 0 Å². The van der Waals surface area contributed by atoms with E-state index < -0.39 is 5.54 Å². The van der Waals surface area contributed by atoms with Crippen LogP contribution >= 0.6 is 0 Å². The molecule has 2 rings (SSSR count). The van der Waals surface area contributed by atoms with Crippen LogP contribution in [0.1, 0.15) is 32.6 Å². The third-order valence-electron chi connectivity index (χ3n) is 3.79. The zero-order valence-electron chi connectivity index (χ0n) is 12.0. The average Bonchev–Trinajstić information content (AvgIpc) is 2.89. The van der Waals surface area contributed by atoms with Crippen molar-refractivity contribution >= 4 is 11.6 Å². The number of anilines is 1. The Bertz CT molecular complexity index is 482. The number of phenols is 1. The molecule has 1 atom stereocenters. The van der Waals surface area contributed by atoms with Gasteiger partial charge in [0.1, 0.15) is 0 Å². The summed E-state index contributed by atoms with van der Waals surface area (Å²) < 4.78 is 4.99. The van der Waals surface area contributed by atoms with Gasteiger partial charge in [0.2, 0.25) is 5.91 Å². The lowest BCUT2D eigenvalue weighted by Crippen LogP contribution is -2.50. The predicted octanol–water partition coefficient (Wildman–Crippen LogP) is 2.26. The molecule has 110 valence electrons. The van der Waals surface area contributed by atoms with E-state index in [0.29, 0.717) is 11.4 Å². The molecule has 20 heavy (non-hydrogen) atoms. The number of ether oxygens (including phenoxy) is 1. The molecule has 5 heteroatoms. The first-order chi connectivity index (χ1) is 9.61. The fraction of sp³-hybridized carbons (Fsp3) is 0.533. The first-order valence-electron chi connectivity index (χ1n) is 7.05. The summed E-state index contributed by atoms with van der Waals surface area (Å²) in [6.07, 6.45) is 3.64. The smallest absolute Gasteiger partial charge is 0.244 e. The molecule has 1 aliphatic heterocycles. The number of carbonyl (C=O) groups excluding carboxylic acids is 1. The van der Waals surface area contributed by atoms with Gasteiger partial charge in [-0.1, -0.05) is 13.3 Å². The van der Waals surface area contributed by atoms with Gasteiger partial charge in [-0.2, -0.15) is 0 Å². The van der Waals surface area contributed by atoms with Crippen LogP contribution < -0.4 is 15.4 Å². The highest BCUT2D eigenvalue weighted by Crippen LogP contribution is 2.30. The number of amides is 1. The fourth-order valence-electron chi connectivity index (χ4n) is 2.77. The fourth-order valence-corrected chi connectivity index (χ4v) is 2.77. The van der Waals surface area contributed by atoms with Gasteiger partial charge in [0.25, 0.3) is 0 Å². The van der Waals surface area contributed by atoms with Gasteiger partial charge in [0.05, 0.1) is 12.6 Å². The van der Waals surface area contributed by atoms with Crippen LogP contribution in [0.4, 0.5) is 5.69 Å². The van der Waals surface area contributed by atoms with Crippen molar-refractivity contribution in [2.75, 3.05) is 19.0 Å². The molecule has 1 aromatic carbocycles. The van der Waals surface area contributed by atoms with Crippen molar-refractivity contribution < 1.29 is 14.6 Å². The number of methoxy groups -OCH3 is 1. The van der Waals surface area contributed by atoms with E-state index in [2.05, 4.69) is 17.6 Å². The minimum absolute atomic E-state index is 0.0224. The predicted molar refractivity (Wildman–Crippen MR) is 78.2 cm³/mol. The van der Waals surface area contributed by atoms with E-state index >= 15 is 0 Å². The Morgan fingerprint density at radius 1 is 1.55 bits per heavy atom. The Labute approximate surface area is 119 Å². The Morgan fingerprint density at radius 3 is 2.90 bits per heavy atom. The van der Waals surface area contributed by atoms with E-state index in [1.54, 1.807) is 12.1 Å². The van der Waals surface area contributed by atoms with E-state index in [-0.39, 0.29) is 11.7 Å². The van der Waals surface area contributed by atoms with E-state index in [9.17, 15) is 9.90 Å². The molecule has 5 nitrogen and oxygen atoms in total. The topological polar surface area (TPSA) is 70.6 Å². The number of benzene rings is 1. The maximum atomic E-state index is 12.5. The molecule has 1 unspecified atom stereocenters.